The van der Waals surface area contributed by atoms with Crippen LogP contribution in [0.25, 0.3) is 0 Å². The Balaban J connectivity index is 1.79. The number of rotatable bonds is 4. The van der Waals surface area contributed by atoms with Crippen molar-refractivity contribution in [3.63, 3.8) is 0 Å². The third-order valence-corrected chi connectivity index (χ3v) is 5.97. The average molecular weight is 334 g/mol. The first kappa shape index (κ1) is 16.4. The van der Waals surface area contributed by atoms with Crippen molar-refractivity contribution in [2.75, 3.05) is 24.5 Å². The van der Waals surface area contributed by atoms with Crippen molar-refractivity contribution in [3.8, 4) is 0 Å². The lowest BCUT2D eigenvalue weighted by Gasteiger charge is -2.35. The molecule has 23 heavy (non-hydrogen) atoms. The van der Waals surface area contributed by atoms with E-state index in [9.17, 15) is 4.79 Å². The third kappa shape index (κ3) is 3.42. The number of piperidine rings is 1. The first-order chi connectivity index (χ1) is 11.0. The molecule has 1 amide bonds. The van der Waals surface area contributed by atoms with Crippen LogP contribution in [0, 0.1) is 5.92 Å². The summed E-state index contributed by atoms with van der Waals surface area (Å²) in [5.74, 6) is 0.821. The Kier molecular flexibility index (Phi) is 4.71. The zero-order valence-corrected chi connectivity index (χ0v) is 15.3. The fraction of sp³-hybridized carbons (Fsp3) is 0.706. The van der Waals surface area contributed by atoms with Gasteiger partial charge < -0.3 is 9.80 Å². The molecule has 3 aliphatic rings. The van der Waals surface area contributed by atoms with Gasteiger partial charge in [0.05, 0.1) is 5.92 Å². The van der Waals surface area contributed by atoms with Gasteiger partial charge in [-0.25, -0.2) is 0 Å². The molecular weight excluding hydrogens is 308 g/mol. The van der Waals surface area contributed by atoms with E-state index < -0.39 is 0 Å². The lowest BCUT2D eigenvalue weighted by Crippen LogP contribution is -2.47. The number of carbonyl (C=O) groups is 1. The van der Waals surface area contributed by atoms with Gasteiger partial charge in [-0.1, -0.05) is 36.8 Å². The van der Waals surface area contributed by atoms with E-state index in [1.165, 1.54) is 5.57 Å². The van der Waals surface area contributed by atoms with E-state index in [4.69, 9.17) is 0 Å². The molecule has 4 rings (SSSR count). The number of hydrogen-bond donors (Lipinski definition) is 0. The molecule has 0 aliphatic carbocycles. The van der Waals surface area contributed by atoms with E-state index in [0.29, 0.717) is 17.9 Å². The second kappa shape index (κ2) is 6.59. The van der Waals surface area contributed by atoms with Crippen LogP contribution in [0.2, 0.25) is 0 Å². The van der Waals surface area contributed by atoms with E-state index in [1.54, 1.807) is 11.3 Å². The molecule has 0 unspecified atom stereocenters. The third-order valence-electron chi connectivity index (χ3n) is 4.68. The van der Waals surface area contributed by atoms with Crippen molar-refractivity contribution in [1.82, 2.24) is 15.1 Å². The highest BCUT2D eigenvalue weighted by molar-refractivity contribution is 7.15. The smallest absolute Gasteiger partial charge is 0.228 e. The first-order valence-electron chi connectivity index (χ1n) is 8.48. The molecule has 5 nitrogen and oxygen atoms in total. The van der Waals surface area contributed by atoms with Gasteiger partial charge in [-0.15, -0.1) is 10.2 Å². The van der Waals surface area contributed by atoms with Crippen molar-refractivity contribution in [3.05, 3.63) is 16.7 Å². The van der Waals surface area contributed by atoms with Crippen LogP contribution in [-0.2, 0) is 4.79 Å². The maximum Gasteiger partial charge on any atom is 0.228 e. The minimum Gasteiger partial charge on any atom is -0.344 e. The molecule has 4 heterocycles. The maximum absolute atomic E-state index is 12.7. The summed E-state index contributed by atoms with van der Waals surface area (Å²) in [7, 11) is 0. The molecule has 2 bridgehead atoms. The monoisotopic (exact) mass is 334 g/mol. The van der Waals surface area contributed by atoms with Gasteiger partial charge in [0, 0.05) is 31.6 Å². The summed E-state index contributed by atoms with van der Waals surface area (Å²) in [6.07, 6.45) is 4.26. The number of fused-ring (bicyclic) bond motifs is 4. The number of amides is 1. The Bertz CT molecular complexity index is 605. The average Bonchev–Trinajstić information content (AvgIpc) is 2.84. The second-order valence-corrected chi connectivity index (χ2v) is 8.17. The fourth-order valence-electron chi connectivity index (χ4n) is 3.31. The lowest BCUT2D eigenvalue weighted by molar-refractivity contribution is -0.139. The number of aromatic nitrogens is 2. The molecule has 0 N–H and O–H groups in total. The Labute approximate surface area is 142 Å². The lowest BCUT2D eigenvalue weighted by atomic mass is 9.94. The van der Waals surface area contributed by atoms with Crippen LogP contribution in [0.1, 0.15) is 51.5 Å². The molecule has 0 spiro atoms. The summed E-state index contributed by atoms with van der Waals surface area (Å²) >= 11 is 1.67. The van der Waals surface area contributed by atoms with Crippen LogP contribution < -0.4 is 4.90 Å². The van der Waals surface area contributed by atoms with Crippen molar-refractivity contribution in [2.45, 2.75) is 52.5 Å². The zero-order chi connectivity index (χ0) is 16.6. The Morgan fingerprint density at radius 3 is 2.74 bits per heavy atom. The fourth-order valence-corrected chi connectivity index (χ4v) is 4.17. The highest BCUT2D eigenvalue weighted by Gasteiger charge is 2.40. The standard InChI is InChI=1S/C17H26N4OS/c1-11(2)7-8-21-14-6-5-13(16(21)22)9-20(10-14)17-19-18-15(23-17)12(3)4/h7,12-14H,5-6,8-10H2,1-4H3/t13-,14+/m0/s1. The summed E-state index contributed by atoms with van der Waals surface area (Å²) in [4.78, 5) is 17.1. The van der Waals surface area contributed by atoms with Gasteiger partial charge in [-0.3, -0.25) is 4.79 Å². The van der Waals surface area contributed by atoms with E-state index in [2.05, 4.69) is 53.8 Å². The number of carbonyl (C=O) groups excluding carboxylic acids is 1. The minimum absolute atomic E-state index is 0.103. The van der Waals surface area contributed by atoms with E-state index >= 15 is 0 Å². The van der Waals surface area contributed by atoms with E-state index in [1.807, 2.05) is 0 Å². The van der Waals surface area contributed by atoms with Gasteiger partial charge in [0.25, 0.3) is 0 Å². The van der Waals surface area contributed by atoms with Crippen LogP contribution in [0.15, 0.2) is 11.6 Å². The first-order valence-corrected chi connectivity index (χ1v) is 9.29. The normalized spacial score (nSPS) is 24.3. The minimum atomic E-state index is 0.103. The van der Waals surface area contributed by atoms with Crippen LogP contribution in [0.3, 0.4) is 0 Å². The maximum atomic E-state index is 12.7. The summed E-state index contributed by atoms with van der Waals surface area (Å²) in [6, 6.07) is 0.295. The molecule has 0 aromatic carbocycles. The molecule has 2 atom stereocenters. The van der Waals surface area contributed by atoms with E-state index in [0.717, 1.165) is 42.6 Å². The van der Waals surface area contributed by atoms with Gasteiger partial charge in [0.15, 0.2) is 0 Å². The largest absolute Gasteiger partial charge is 0.344 e. The van der Waals surface area contributed by atoms with Gasteiger partial charge in [0.1, 0.15) is 5.01 Å². The number of allylic oxidation sites excluding steroid dienone is 1. The van der Waals surface area contributed by atoms with Gasteiger partial charge in [-0.05, 0) is 26.7 Å². The van der Waals surface area contributed by atoms with Crippen molar-refractivity contribution < 1.29 is 4.79 Å². The Morgan fingerprint density at radius 2 is 2.09 bits per heavy atom. The predicted molar refractivity (Wildman–Crippen MR) is 93.9 cm³/mol. The van der Waals surface area contributed by atoms with Crippen LogP contribution in [0.5, 0.6) is 0 Å². The molecule has 6 heteroatoms. The predicted octanol–water partition coefficient (Wildman–Crippen LogP) is 3.05. The van der Waals surface area contributed by atoms with Gasteiger partial charge in [0.2, 0.25) is 11.0 Å². The van der Waals surface area contributed by atoms with Gasteiger partial charge >= 0.3 is 0 Å². The number of nitrogens with zero attached hydrogens (tertiary/aromatic N) is 4. The molecule has 0 radical (unpaired) electrons. The van der Waals surface area contributed by atoms with Crippen molar-refractivity contribution in [2.24, 2.45) is 5.92 Å². The topological polar surface area (TPSA) is 49.3 Å². The molecule has 3 saturated heterocycles. The quantitative estimate of drug-likeness (QED) is 0.794. The van der Waals surface area contributed by atoms with Gasteiger partial charge in [-0.2, -0.15) is 0 Å². The van der Waals surface area contributed by atoms with Crippen molar-refractivity contribution >= 4 is 22.4 Å². The molecule has 126 valence electrons. The van der Waals surface area contributed by atoms with Crippen LogP contribution >= 0.6 is 11.3 Å². The van der Waals surface area contributed by atoms with Crippen LogP contribution in [-0.4, -0.2) is 46.7 Å². The summed E-state index contributed by atoms with van der Waals surface area (Å²) in [6.45, 7) is 10.9. The Morgan fingerprint density at radius 1 is 1.30 bits per heavy atom. The molecule has 3 fully saturated rings. The summed E-state index contributed by atoms with van der Waals surface area (Å²) in [5.41, 5.74) is 1.26. The number of hydrogen-bond acceptors (Lipinski definition) is 5. The summed E-state index contributed by atoms with van der Waals surface area (Å²) in [5, 5.41) is 10.7. The molecule has 0 saturated carbocycles. The zero-order valence-electron chi connectivity index (χ0n) is 14.5. The second-order valence-electron chi connectivity index (χ2n) is 7.18. The molecule has 3 aliphatic heterocycles. The van der Waals surface area contributed by atoms with E-state index in [-0.39, 0.29) is 5.92 Å². The van der Waals surface area contributed by atoms with Crippen molar-refractivity contribution in [1.29, 1.82) is 0 Å². The molecule has 1 aromatic heterocycles. The highest BCUT2D eigenvalue weighted by Crippen LogP contribution is 2.33. The highest BCUT2D eigenvalue weighted by atomic mass is 32.1. The number of anilines is 1. The van der Waals surface area contributed by atoms with Crippen LogP contribution in [0.4, 0.5) is 5.13 Å². The SMILES string of the molecule is CC(C)=CCN1C(=O)[C@H]2CC[C@@H]1CN(c1nnc(C(C)C)s1)C2. The Hall–Kier alpha value is -1.43. The summed E-state index contributed by atoms with van der Waals surface area (Å²) < 4.78 is 0. The molecular formula is C17H26N4OS. The molecule has 1 aromatic rings.